The van der Waals surface area contributed by atoms with Crippen molar-refractivity contribution in [1.82, 2.24) is 5.32 Å². The molecular formula is C12H15NO4. The molecule has 0 aliphatic rings. The first-order valence-corrected chi connectivity index (χ1v) is 5.03. The minimum Gasteiger partial charge on any atom is -0.508 e. The topological polar surface area (TPSA) is 89.8 Å². The van der Waals surface area contributed by atoms with Gasteiger partial charge in [0.2, 0.25) is 0 Å². The van der Waals surface area contributed by atoms with E-state index in [1.54, 1.807) is 0 Å². The van der Waals surface area contributed by atoms with Gasteiger partial charge in [0, 0.05) is 12.6 Å². The predicted octanol–water partition coefficient (Wildman–Crippen LogP) is 1.17. The van der Waals surface area contributed by atoms with Crippen molar-refractivity contribution in [3.63, 3.8) is 0 Å². The molecule has 92 valence electrons. The van der Waals surface area contributed by atoms with E-state index < -0.39 is 11.5 Å². The lowest BCUT2D eigenvalue weighted by molar-refractivity contribution is -0.144. The third-order valence-corrected chi connectivity index (χ3v) is 2.51. The first-order valence-electron chi connectivity index (χ1n) is 5.03. The monoisotopic (exact) mass is 237 g/mol. The average Bonchev–Trinajstić information content (AvgIpc) is 2.24. The summed E-state index contributed by atoms with van der Waals surface area (Å²) in [7, 11) is 0. The number of hydrogen-bond donors (Lipinski definition) is 4. The Hall–Kier alpha value is -2.01. The molecule has 5 heteroatoms. The highest BCUT2D eigenvalue weighted by Crippen LogP contribution is 2.28. The van der Waals surface area contributed by atoms with Crippen LogP contribution >= 0.6 is 0 Å². The van der Waals surface area contributed by atoms with Gasteiger partial charge in [0.05, 0.1) is 0 Å². The average molecular weight is 237 g/mol. The maximum absolute atomic E-state index is 11.3. The maximum Gasteiger partial charge on any atom is 0.328 e. The molecule has 0 aromatic heterocycles. The summed E-state index contributed by atoms with van der Waals surface area (Å²) in [4.78, 5) is 11.3. The second-order valence-electron chi connectivity index (χ2n) is 3.84. The van der Waals surface area contributed by atoms with Gasteiger partial charge in [-0.2, -0.15) is 0 Å². The van der Waals surface area contributed by atoms with Crippen LogP contribution in [0.15, 0.2) is 30.9 Å². The first-order chi connectivity index (χ1) is 7.90. The van der Waals surface area contributed by atoms with Gasteiger partial charge < -0.3 is 15.3 Å². The van der Waals surface area contributed by atoms with Crippen molar-refractivity contribution in [2.75, 3.05) is 6.54 Å². The summed E-state index contributed by atoms with van der Waals surface area (Å²) in [6, 6.07) is 3.73. The number of phenols is 2. The van der Waals surface area contributed by atoms with Crippen LogP contribution < -0.4 is 5.32 Å². The molecule has 0 aliphatic carbocycles. The summed E-state index contributed by atoms with van der Waals surface area (Å²) in [6.07, 6.45) is 1.53. The van der Waals surface area contributed by atoms with Gasteiger partial charge in [-0.1, -0.05) is 6.08 Å². The van der Waals surface area contributed by atoms with Gasteiger partial charge in [-0.25, -0.2) is 4.79 Å². The van der Waals surface area contributed by atoms with Gasteiger partial charge in [0.25, 0.3) is 0 Å². The van der Waals surface area contributed by atoms with Crippen molar-refractivity contribution >= 4 is 5.97 Å². The number of aromatic hydroxyl groups is 2. The van der Waals surface area contributed by atoms with Gasteiger partial charge in [-0.05, 0) is 24.6 Å². The van der Waals surface area contributed by atoms with E-state index in [-0.39, 0.29) is 17.1 Å². The van der Waals surface area contributed by atoms with Crippen molar-refractivity contribution in [3.8, 4) is 11.5 Å². The van der Waals surface area contributed by atoms with Gasteiger partial charge in [0.1, 0.15) is 17.0 Å². The minimum absolute atomic E-state index is 0.187. The Morgan fingerprint density at radius 3 is 2.35 bits per heavy atom. The smallest absolute Gasteiger partial charge is 0.328 e. The van der Waals surface area contributed by atoms with Crippen LogP contribution in [0.25, 0.3) is 0 Å². The Morgan fingerprint density at radius 1 is 1.41 bits per heavy atom. The van der Waals surface area contributed by atoms with Crippen molar-refractivity contribution in [1.29, 1.82) is 0 Å². The molecule has 0 saturated carbocycles. The normalized spacial score (nSPS) is 13.9. The minimum atomic E-state index is -1.40. The lowest BCUT2D eigenvalue weighted by atomic mass is 9.91. The number of hydrogen-bond acceptors (Lipinski definition) is 4. The van der Waals surface area contributed by atoms with Crippen molar-refractivity contribution < 1.29 is 20.1 Å². The molecule has 17 heavy (non-hydrogen) atoms. The van der Waals surface area contributed by atoms with E-state index in [4.69, 9.17) is 0 Å². The fourth-order valence-corrected chi connectivity index (χ4v) is 1.46. The van der Waals surface area contributed by atoms with Crippen molar-refractivity contribution in [3.05, 3.63) is 36.4 Å². The molecule has 5 nitrogen and oxygen atoms in total. The molecule has 0 saturated heterocycles. The summed E-state index contributed by atoms with van der Waals surface area (Å²) in [5.74, 6) is -1.48. The number of carboxylic acid groups (broad SMARTS) is 1. The molecule has 0 aliphatic heterocycles. The Morgan fingerprint density at radius 2 is 1.94 bits per heavy atom. The number of carboxylic acids is 1. The van der Waals surface area contributed by atoms with Crippen LogP contribution in [0.2, 0.25) is 0 Å². The summed E-state index contributed by atoms with van der Waals surface area (Å²) in [5.41, 5.74) is -1.13. The van der Waals surface area contributed by atoms with Crippen LogP contribution in [0.4, 0.5) is 0 Å². The maximum atomic E-state index is 11.3. The Balaban J connectivity index is 3.21. The Bertz CT molecular complexity index is 424. The lowest BCUT2D eigenvalue weighted by Gasteiger charge is -2.26. The van der Waals surface area contributed by atoms with E-state index in [0.29, 0.717) is 6.54 Å². The molecule has 1 rings (SSSR count). The first kappa shape index (κ1) is 13.1. The number of rotatable bonds is 5. The zero-order chi connectivity index (χ0) is 13.1. The van der Waals surface area contributed by atoms with Crippen LogP contribution in [0, 0.1) is 0 Å². The summed E-state index contributed by atoms with van der Waals surface area (Å²) >= 11 is 0. The van der Waals surface area contributed by atoms with E-state index in [1.807, 2.05) is 0 Å². The molecule has 1 atom stereocenters. The van der Waals surface area contributed by atoms with Crippen LogP contribution in [-0.4, -0.2) is 27.8 Å². The SMILES string of the molecule is C=CCNC(C)(C(=O)O)c1cc(O)cc(O)c1. The van der Waals surface area contributed by atoms with E-state index in [0.717, 1.165) is 6.07 Å². The second kappa shape index (κ2) is 4.88. The molecule has 1 aromatic carbocycles. The standard InChI is InChI=1S/C12H15NO4/c1-3-4-13-12(2,11(16)17)8-5-9(14)7-10(15)6-8/h3,5-7,13-15H,1,4H2,2H3,(H,16,17). The van der Waals surface area contributed by atoms with E-state index in [9.17, 15) is 20.1 Å². The van der Waals surface area contributed by atoms with Crippen LogP contribution in [0.5, 0.6) is 11.5 Å². The Labute approximate surface area is 99.0 Å². The van der Waals surface area contributed by atoms with E-state index in [1.165, 1.54) is 25.1 Å². The highest BCUT2D eigenvalue weighted by molar-refractivity contribution is 5.80. The van der Waals surface area contributed by atoms with Crippen LogP contribution in [0.3, 0.4) is 0 Å². The van der Waals surface area contributed by atoms with Crippen LogP contribution in [-0.2, 0) is 10.3 Å². The zero-order valence-corrected chi connectivity index (χ0v) is 9.47. The quantitative estimate of drug-likeness (QED) is 0.577. The zero-order valence-electron chi connectivity index (χ0n) is 9.47. The fraction of sp³-hybridized carbons (Fsp3) is 0.250. The fourth-order valence-electron chi connectivity index (χ4n) is 1.46. The molecule has 0 bridgehead atoms. The Kier molecular flexibility index (Phi) is 3.75. The molecular weight excluding hydrogens is 222 g/mol. The molecule has 0 radical (unpaired) electrons. The summed E-state index contributed by atoms with van der Waals surface area (Å²) in [5, 5.41) is 30.7. The van der Waals surface area contributed by atoms with E-state index in [2.05, 4.69) is 11.9 Å². The number of aliphatic carboxylic acids is 1. The third kappa shape index (κ3) is 2.76. The molecule has 1 aromatic rings. The molecule has 0 fully saturated rings. The summed E-state index contributed by atoms with van der Waals surface area (Å²) < 4.78 is 0. The van der Waals surface area contributed by atoms with E-state index >= 15 is 0 Å². The number of phenolic OH excluding ortho intramolecular Hbond substituents is 2. The van der Waals surface area contributed by atoms with Gasteiger partial charge in [0.15, 0.2) is 0 Å². The molecule has 0 amide bonds. The number of nitrogens with one attached hydrogen (secondary N) is 1. The number of carbonyl (C=O) groups is 1. The summed E-state index contributed by atoms with van der Waals surface area (Å²) in [6.45, 7) is 5.24. The third-order valence-electron chi connectivity index (χ3n) is 2.51. The molecule has 1 unspecified atom stereocenters. The largest absolute Gasteiger partial charge is 0.508 e. The highest BCUT2D eigenvalue weighted by Gasteiger charge is 2.35. The van der Waals surface area contributed by atoms with Crippen molar-refractivity contribution in [2.45, 2.75) is 12.5 Å². The molecule has 0 heterocycles. The van der Waals surface area contributed by atoms with Gasteiger partial charge in [-0.3, -0.25) is 5.32 Å². The molecule has 4 N–H and O–H groups in total. The van der Waals surface area contributed by atoms with Gasteiger partial charge >= 0.3 is 5.97 Å². The highest BCUT2D eigenvalue weighted by atomic mass is 16.4. The predicted molar refractivity (Wildman–Crippen MR) is 63.0 cm³/mol. The number of benzene rings is 1. The van der Waals surface area contributed by atoms with Gasteiger partial charge in [-0.15, -0.1) is 6.58 Å². The van der Waals surface area contributed by atoms with Crippen molar-refractivity contribution in [2.24, 2.45) is 0 Å². The molecule has 0 spiro atoms. The van der Waals surface area contributed by atoms with Crippen LogP contribution in [0.1, 0.15) is 12.5 Å². The lowest BCUT2D eigenvalue weighted by Crippen LogP contribution is -2.46. The second-order valence-corrected chi connectivity index (χ2v) is 3.84.